The van der Waals surface area contributed by atoms with Gasteiger partial charge in [-0.05, 0) is 55.3 Å². The molecule has 0 saturated carbocycles. The van der Waals surface area contributed by atoms with Crippen LogP contribution in [0.2, 0.25) is 0 Å². The zero-order chi connectivity index (χ0) is 20.4. The average Bonchev–Trinajstić information content (AvgIpc) is 2.74. The molecule has 5 heteroatoms. The fraction of sp³-hybridized carbons (Fsp3) is 0.167. The van der Waals surface area contributed by atoms with Crippen LogP contribution < -0.4 is 10.2 Å². The van der Waals surface area contributed by atoms with Crippen molar-refractivity contribution in [2.45, 2.75) is 25.4 Å². The Morgan fingerprint density at radius 3 is 2.38 bits per heavy atom. The van der Waals surface area contributed by atoms with Crippen molar-refractivity contribution in [2.75, 3.05) is 10.2 Å². The van der Waals surface area contributed by atoms with Gasteiger partial charge in [0.15, 0.2) is 0 Å². The number of amides is 1. The molecule has 2 unspecified atom stereocenters. The fourth-order valence-electron chi connectivity index (χ4n) is 3.92. The Balaban J connectivity index is 1.69. The second kappa shape index (κ2) is 7.80. The maximum atomic E-state index is 13.3. The Morgan fingerprint density at radius 1 is 0.931 bits per heavy atom. The van der Waals surface area contributed by atoms with Crippen LogP contribution in [0.3, 0.4) is 0 Å². The molecule has 0 aromatic heterocycles. The largest absolute Gasteiger partial charge is 0.478 e. The monoisotopic (exact) mass is 386 g/mol. The molecule has 1 amide bonds. The molecule has 0 saturated heterocycles. The van der Waals surface area contributed by atoms with Gasteiger partial charge in [0.2, 0.25) is 0 Å². The molecule has 0 bridgehead atoms. The lowest BCUT2D eigenvalue weighted by Gasteiger charge is -2.40. The van der Waals surface area contributed by atoms with E-state index in [0.29, 0.717) is 5.56 Å². The van der Waals surface area contributed by atoms with E-state index in [4.69, 9.17) is 0 Å². The molecule has 3 aromatic carbocycles. The molecule has 3 aromatic rings. The number of hydrogen-bond acceptors (Lipinski definition) is 3. The van der Waals surface area contributed by atoms with E-state index in [-0.39, 0.29) is 23.6 Å². The molecule has 2 atom stereocenters. The topological polar surface area (TPSA) is 69.6 Å². The lowest BCUT2D eigenvalue weighted by atomic mass is 9.90. The highest BCUT2D eigenvalue weighted by Gasteiger charge is 2.34. The molecule has 1 aliphatic rings. The molecule has 1 aliphatic heterocycles. The van der Waals surface area contributed by atoms with Crippen molar-refractivity contribution in [3.63, 3.8) is 0 Å². The minimum atomic E-state index is -1.04. The van der Waals surface area contributed by atoms with Gasteiger partial charge in [0.05, 0.1) is 11.6 Å². The van der Waals surface area contributed by atoms with Crippen LogP contribution in [0.25, 0.3) is 0 Å². The number of carboxylic acid groups (broad SMARTS) is 1. The number of carbonyl (C=O) groups is 2. The second-order valence-corrected chi connectivity index (χ2v) is 7.27. The zero-order valence-electron chi connectivity index (χ0n) is 16.1. The van der Waals surface area contributed by atoms with Gasteiger partial charge < -0.3 is 15.3 Å². The number of anilines is 2. The number of nitrogens with one attached hydrogen (secondary N) is 1. The average molecular weight is 386 g/mol. The first-order chi connectivity index (χ1) is 14.0. The van der Waals surface area contributed by atoms with Gasteiger partial charge in [-0.2, -0.15) is 0 Å². The van der Waals surface area contributed by atoms with Crippen molar-refractivity contribution in [3.05, 3.63) is 95.6 Å². The first-order valence-corrected chi connectivity index (χ1v) is 9.62. The van der Waals surface area contributed by atoms with Gasteiger partial charge in [-0.1, -0.05) is 42.5 Å². The van der Waals surface area contributed by atoms with Crippen molar-refractivity contribution in [1.82, 2.24) is 0 Å². The standard InChI is InChI=1S/C24H22N2O3/c1-16-14-21(25-19-10-3-2-4-11-19)20-12-5-6-13-22(20)26(16)23(27)17-8-7-9-18(15-17)24(28)29/h2-13,15-16,21,25H,14H2,1H3,(H,28,29). The molecular formula is C24H22N2O3. The summed E-state index contributed by atoms with van der Waals surface area (Å²) in [5.41, 5.74) is 3.43. The van der Waals surface area contributed by atoms with Crippen molar-refractivity contribution < 1.29 is 14.7 Å². The molecule has 5 nitrogen and oxygen atoms in total. The van der Waals surface area contributed by atoms with Crippen LogP contribution in [-0.2, 0) is 0 Å². The summed E-state index contributed by atoms with van der Waals surface area (Å²) in [7, 11) is 0. The summed E-state index contributed by atoms with van der Waals surface area (Å²) >= 11 is 0. The summed E-state index contributed by atoms with van der Waals surface area (Å²) in [4.78, 5) is 26.4. The molecule has 0 fully saturated rings. The smallest absolute Gasteiger partial charge is 0.335 e. The van der Waals surface area contributed by atoms with Crippen molar-refractivity contribution in [1.29, 1.82) is 0 Å². The predicted octanol–water partition coefficient (Wildman–Crippen LogP) is 4.98. The van der Waals surface area contributed by atoms with Crippen LogP contribution in [0.4, 0.5) is 11.4 Å². The molecule has 146 valence electrons. The van der Waals surface area contributed by atoms with Gasteiger partial charge in [-0.25, -0.2) is 4.79 Å². The van der Waals surface area contributed by atoms with E-state index in [0.717, 1.165) is 23.4 Å². The van der Waals surface area contributed by atoms with Crippen LogP contribution in [-0.4, -0.2) is 23.0 Å². The zero-order valence-corrected chi connectivity index (χ0v) is 16.1. The Bertz CT molecular complexity index is 1050. The van der Waals surface area contributed by atoms with Gasteiger partial charge in [0.25, 0.3) is 5.91 Å². The maximum absolute atomic E-state index is 13.3. The predicted molar refractivity (Wildman–Crippen MR) is 114 cm³/mol. The SMILES string of the molecule is CC1CC(Nc2ccccc2)c2ccccc2N1C(=O)c1cccc(C(=O)O)c1. The summed E-state index contributed by atoms with van der Waals surface area (Å²) in [5, 5.41) is 12.8. The summed E-state index contributed by atoms with van der Waals surface area (Å²) in [5.74, 6) is -1.23. The first kappa shape index (κ1) is 18.7. The molecule has 0 radical (unpaired) electrons. The van der Waals surface area contributed by atoms with Crippen LogP contribution in [0, 0.1) is 0 Å². The number of nitrogens with zero attached hydrogens (tertiary/aromatic N) is 1. The highest BCUT2D eigenvalue weighted by atomic mass is 16.4. The third-order valence-corrected chi connectivity index (χ3v) is 5.28. The van der Waals surface area contributed by atoms with E-state index in [1.165, 1.54) is 12.1 Å². The Kier molecular flexibility index (Phi) is 5.04. The molecule has 0 spiro atoms. The van der Waals surface area contributed by atoms with E-state index < -0.39 is 5.97 Å². The first-order valence-electron chi connectivity index (χ1n) is 9.62. The van der Waals surface area contributed by atoms with Gasteiger partial charge in [-0.3, -0.25) is 4.79 Å². The number of carbonyl (C=O) groups excluding carboxylic acids is 1. The number of hydrogen-bond donors (Lipinski definition) is 2. The van der Waals surface area contributed by atoms with E-state index >= 15 is 0 Å². The summed E-state index contributed by atoms with van der Waals surface area (Å²) in [6.07, 6.45) is 0.746. The van der Waals surface area contributed by atoms with Gasteiger partial charge >= 0.3 is 5.97 Å². The Labute approximate surface area is 169 Å². The van der Waals surface area contributed by atoms with Crippen molar-refractivity contribution >= 4 is 23.3 Å². The lowest BCUT2D eigenvalue weighted by molar-refractivity contribution is 0.0697. The van der Waals surface area contributed by atoms with E-state index in [1.54, 1.807) is 17.0 Å². The minimum Gasteiger partial charge on any atom is -0.478 e. The van der Waals surface area contributed by atoms with Gasteiger partial charge in [0.1, 0.15) is 0 Å². The molecule has 4 rings (SSSR count). The van der Waals surface area contributed by atoms with E-state index in [1.807, 2.05) is 61.5 Å². The van der Waals surface area contributed by atoms with Crippen LogP contribution in [0.1, 0.15) is 45.7 Å². The van der Waals surface area contributed by atoms with Gasteiger partial charge in [-0.15, -0.1) is 0 Å². The summed E-state index contributed by atoms with van der Waals surface area (Å²) in [6, 6.07) is 24.1. The fourth-order valence-corrected chi connectivity index (χ4v) is 3.92. The minimum absolute atomic E-state index is 0.0490. The highest BCUT2D eigenvalue weighted by Crippen LogP contribution is 2.39. The van der Waals surface area contributed by atoms with Gasteiger partial charge in [0, 0.05) is 23.0 Å². The van der Waals surface area contributed by atoms with E-state index in [9.17, 15) is 14.7 Å². The number of fused-ring (bicyclic) bond motifs is 1. The second-order valence-electron chi connectivity index (χ2n) is 7.27. The highest BCUT2D eigenvalue weighted by molar-refractivity contribution is 6.08. The molecule has 0 aliphatic carbocycles. The Hall–Kier alpha value is -3.60. The molecule has 1 heterocycles. The van der Waals surface area contributed by atoms with Crippen LogP contribution >= 0.6 is 0 Å². The number of carboxylic acids is 1. The lowest BCUT2D eigenvalue weighted by Crippen LogP contribution is -2.44. The van der Waals surface area contributed by atoms with Crippen LogP contribution in [0.5, 0.6) is 0 Å². The third kappa shape index (κ3) is 3.72. The van der Waals surface area contributed by atoms with Crippen molar-refractivity contribution in [2.24, 2.45) is 0 Å². The Morgan fingerprint density at radius 2 is 1.62 bits per heavy atom. The normalized spacial score (nSPS) is 18.0. The molecule has 29 heavy (non-hydrogen) atoms. The number of para-hydroxylation sites is 2. The third-order valence-electron chi connectivity index (χ3n) is 5.28. The molecule has 2 N–H and O–H groups in total. The van der Waals surface area contributed by atoms with Crippen molar-refractivity contribution in [3.8, 4) is 0 Å². The summed E-state index contributed by atoms with van der Waals surface area (Å²) < 4.78 is 0. The number of aromatic carboxylic acids is 1. The number of rotatable bonds is 4. The van der Waals surface area contributed by atoms with Crippen LogP contribution in [0.15, 0.2) is 78.9 Å². The van der Waals surface area contributed by atoms with E-state index in [2.05, 4.69) is 5.32 Å². The number of benzene rings is 3. The molecular weight excluding hydrogens is 364 g/mol. The summed E-state index contributed by atoms with van der Waals surface area (Å²) in [6.45, 7) is 2.02. The quantitative estimate of drug-likeness (QED) is 0.664. The maximum Gasteiger partial charge on any atom is 0.335 e.